The van der Waals surface area contributed by atoms with E-state index >= 15 is 0 Å². The first-order valence-corrected chi connectivity index (χ1v) is 11.9. The summed E-state index contributed by atoms with van der Waals surface area (Å²) in [7, 11) is 0. The van der Waals surface area contributed by atoms with Gasteiger partial charge in [0.1, 0.15) is 6.10 Å². The van der Waals surface area contributed by atoms with Crippen LogP contribution in [0.3, 0.4) is 0 Å². The highest BCUT2D eigenvalue weighted by Crippen LogP contribution is 2.35. The second kappa shape index (κ2) is 8.81. The Morgan fingerprint density at radius 1 is 0.970 bits per heavy atom. The molecule has 2 atom stereocenters. The number of ether oxygens (including phenoxy) is 1. The van der Waals surface area contributed by atoms with Gasteiger partial charge in [0.25, 0.3) is 6.01 Å². The van der Waals surface area contributed by atoms with E-state index in [0.717, 1.165) is 42.3 Å². The van der Waals surface area contributed by atoms with Crippen molar-refractivity contribution in [2.45, 2.75) is 51.2 Å². The number of hydrogen-bond acceptors (Lipinski definition) is 4. The van der Waals surface area contributed by atoms with E-state index in [1.807, 2.05) is 50.2 Å². The van der Waals surface area contributed by atoms with Crippen molar-refractivity contribution in [3.8, 4) is 28.4 Å². The molecule has 1 saturated carbocycles. The molecule has 5 nitrogen and oxygen atoms in total. The maximum Gasteiger partial charge on any atom is 0.296 e. The molecule has 33 heavy (non-hydrogen) atoms. The minimum Gasteiger partial charge on any atom is -0.461 e. The third kappa shape index (κ3) is 4.75. The fourth-order valence-electron chi connectivity index (χ4n) is 4.66. The van der Waals surface area contributed by atoms with E-state index in [4.69, 9.17) is 21.3 Å². The molecule has 0 amide bonds. The van der Waals surface area contributed by atoms with Gasteiger partial charge in [0.05, 0.1) is 21.8 Å². The molecular weight excluding hydrogens is 434 g/mol. The molecule has 1 aliphatic carbocycles. The first-order chi connectivity index (χ1) is 15.9. The number of aliphatic hydroxyl groups is 1. The number of nitrogens with zero attached hydrogens (tertiary/aromatic N) is 2. The molecule has 0 bridgehead atoms. The molecule has 1 unspecified atom stereocenters. The van der Waals surface area contributed by atoms with Crippen LogP contribution in [0, 0.1) is 5.92 Å². The third-order valence-electron chi connectivity index (χ3n) is 6.57. The Bertz CT molecular complexity index is 1250. The van der Waals surface area contributed by atoms with Crippen LogP contribution < -0.4 is 4.74 Å². The molecule has 5 rings (SSSR count). The number of nitrogens with one attached hydrogen (secondary N) is 1. The molecule has 6 heteroatoms. The smallest absolute Gasteiger partial charge is 0.296 e. The standard InChI is InChI=1S/C27H28ClN3O2/c1-27(2,32)20-9-6-10-21(15-20)33-26-29-23-16-22(28)24(30-25(23)31-26)19-13-11-18(12-14-19)17-7-4-3-5-8-17/h3-5,7-8,11-14,16,20-21,32H,6,9-10,15H2,1-2H3,(H,29,30,31)/t20?,21-/m1/s1. The summed E-state index contributed by atoms with van der Waals surface area (Å²) >= 11 is 6.59. The highest BCUT2D eigenvalue weighted by atomic mass is 35.5. The fraction of sp³-hybridized carbons (Fsp3) is 0.333. The van der Waals surface area contributed by atoms with Gasteiger partial charge in [-0.05, 0) is 62.6 Å². The van der Waals surface area contributed by atoms with Gasteiger partial charge in [-0.1, -0.05) is 66.2 Å². The minimum atomic E-state index is -0.698. The number of aromatic nitrogens is 3. The molecule has 170 valence electrons. The van der Waals surface area contributed by atoms with Crippen LogP contribution in [0.2, 0.25) is 5.02 Å². The molecule has 2 heterocycles. The van der Waals surface area contributed by atoms with Crippen molar-refractivity contribution in [3.63, 3.8) is 0 Å². The molecule has 2 aromatic carbocycles. The van der Waals surface area contributed by atoms with Crippen molar-refractivity contribution in [2.75, 3.05) is 0 Å². The Labute approximate surface area is 198 Å². The zero-order chi connectivity index (χ0) is 23.0. The van der Waals surface area contributed by atoms with Crippen molar-refractivity contribution in [1.82, 2.24) is 15.0 Å². The molecule has 4 aromatic rings. The first kappa shape index (κ1) is 21.9. The van der Waals surface area contributed by atoms with Gasteiger partial charge in [-0.3, -0.25) is 0 Å². The number of aromatic amines is 1. The van der Waals surface area contributed by atoms with E-state index in [2.05, 4.69) is 34.2 Å². The van der Waals surface area contributed by atoms with Crippen LogP contribution in [0.4, 0.5) is 0 Å². The van der Waals surface area contributed by atoms with Crippen LogP contribution >= 0.6 is 11.6 Å². The van der Waals surface area contributed by atoms with Crippen LogP contribution in [0.5, 0.6) is 6.01 Å². The number of halogens is 1. The normalized spacial score (nSPS) is 19.0. The summed E-state index contributed by atoms with van der Waals surface area (Å²) in [6.07, 6.45) is 3.85. The van der Waals surface area contributed by atoms with Gasteiger partial charge in [0.15, 0.2) is 5.65 Å². The van der Waals surface area contributed by atoms with E-state index in [1.165, 1.54) is 5.56 Å². The monoisotopic (exact) mass is 461 g/mol. The molecule has 1 aliphatic rings. The highest BCUT2D eigenvalue weighted by Gasteiger charge is 2.33. The van der Waals surface area contributed by atoms with Crippen LogP contribution in [0.25, 0.3) is 33.5 Å². The van der Waals surface area contributed by atoms with Crippen molar-refractivity contribution in [3.05, 3.63) is 65.7 Å². The number of imidazole rings is 1. The lowest BCUT2D eigenvalue weighted by molar-refractivity contribution is -0.0244. The summed E-state index contributed by atoms with van der Waals surface area (Å²) in [5.74, 6) is 0.221. The number of H-pyrrole nitrogens is 1. The summed E-state index contributed by atoms with van der Waals surface area (Å²) in [4.78, 5) is 12.5. The maximum absolute atomic E-state index is 10.4. The van der Waals surface area contributed by atoms with Crippen LogP contribution in [0.15, 0.2) is 60.7 Å². The molecular formula is C27H28ClN3O2. The second-order valence-corrected chi connectivity index (χ2v) is 9.84. The van der Waals surface area contributed by atoms with Gasteiger partial charge < -0.3 is 14.8 Å². The summed E-state index contributed by atoms with van der Waals surface area (Å²) in [5.41, 5.74) is 4.57. The van der Waals surface area contributed by atoms with Crippen LogP contribution in [-0.2, 0) is 0 Å². The van der Waals surface area contributed by atoms with Crippen molar-refractivity contribution >= 4 is 22.8 Å². The number of benzene rings is 2. The predicted molar refractivity (Wildman–Crippen MR) is 132 cm³/mol. The van der Waals surface area contributed by atoms with Gasteiger partial charge in [-0.25, -0.2) is 4.98 Å². The highest BCUT2D eigenvalue weighted by molar-refractivity contribution is 6.33. The fourth-order valence-corrected chi connectivity index (χ4v) is 4.92. The summed E-state index contributed by atoms with van der Waals surface area (Å²) in [5, 5.41) is 10.9. The number of rotatable bonds is 5. The van der Waals surface area contributed by atoms with Crippen molar-refractivity contribution in [1.29, 1.82) is 0 Å². The molecule has 0 radical (unpaired) electrons. The minimum absolute atomic E-state index is 0.0243. The van der Waals surface area contributed by atoms with E-state index in [-0.39, 0.29) is 12.0 Å². The van der Waals surface area contributed by atoms with Gasteiger partial charge >= 0.3 is 0 Å². The number of pyridine rings is 1. The van der Waals surface area contributed by atoms with E-state index in [9.17, 15) is 5.11 Å². The molecule has 2 N–H and O–H groups in total. The zero-order valence-corrected chi connectivity index (χ0v) is 19.6. The third-order valence-corrected chi connectivity index (χ3v) is 6.86. The SMILES string of the molecule is CC(C)(O)C1CCC[C@@H](Oc2nc3nc(-c4ccc(-c5ccccc5)cc4)c(Cl)cc3[nH]2)C1. The Morgan fingerprint density at radius 3 is 2.39 bits per heavy atom. The van der Waals surface area contributed by atoms with E-state index in [0.29, 0.717) is 22.4 Å². The van der Waals surface area contributed by atoms with Gasteiger partial charge in [-0.2, -0.15) is 4.98 Å². The topological polar surface area (TPSA) is 71.0 Å². The van der Waals surface area contributed by atoms with Crippen LogP contribution in [-0.4, -0.2) is 31.8 Å². The maximum atomic E-state index is 10.4. The second-order valence-electron chi connectivity index (χ2n) is 9.43. The van der Waals surface area contributed by atoms with Gasteiger partial charge in [0, 0.05) is 5.56 Å². The number of fused-ring (bicyclic) bond motifs is 1. The summed E-state index contributed by atoms with van der Waals surface area (Å²) < 4.78 is 6.16. The summed E-state index contributed by atoms with van der Waals surface area (Å²) in [6.45, 7) is 3.75. The molecule has 1 fully saturated rings. The van der Waals surface area contributed by atoms with E-state index in [1.54, 1.807) is 0 Å². The lowest BCUT2D eigenvalue weighted by Gasteiger charge is -2.36. The van der Waals surface area contributed by atoms with Gasteiger partial charge in [-0.15, -0.1) is 0 Å². The van der Waals surface area contributed by atoms with E-state index < -0.39 is 5.60 Å². The summed E-state index contributed by atoms with van der Waals surface area (Å²) in [6, 6.07) is 20.8. The largest absolute Gasteiger partial charge is 0.461 e. The molecule has 0 spiro atoms. The van der Waals surface area contributed by atoms with Gasteiger partial charge in [0.2, 0.25) is 0 Å². The zero-order valence-electron chi connectivity index (χ0n) is 18.9. The Balaban J connectivity index is 1.37. The molecule has 2 aromatic heterocycles. The van der Waals surface area contributed by atoms with Crippen molar-refractivity contribution in [2.24, 2.45) is 5.92 Å². The Morgan fingerprint density at radius 2 is 1.67 bits per heavy atom. The van der Waals surface area contributed by atoms with Crippen LogP contribution in [0.1, 0.15) is 39.5 Å². The van der Waals surface area contributed by atoms with Crippen molar-refractivity contribution < 1.29 is 9.84 Å². The first-order valence-electron chi connectivity index (χ1n) is 11.5. The quantitative estimate of drug-likeness (QED) is 0.349. The lowest BCUT2D eigenvalue weighted by atomic mass is 9.78. The Kier molecular flexibility index (Phi) is 5.85. The molecule has 0 aliphatic heterocycles. The average Bonchev–Trinajstić information content (AvgIpc) is 3.20. The average molecular weight is 462 g/mol. The number of hydrogen-bond donors (Lipinski definition) is 2. The lowest BCUT2D eigenvalue weighted by Crippen LogP contribution is -2.38. The molecule has 0 saturated heterocycles. The Hall–Kier alpha value is -2.89. The predicted octanol–water partition coefficient (Wildman–Crippen LogP) is 6.65.